The van der Waals surface area contributed by atoms with E-state index in [4.69, 9.17) is 4.84 Å². The van der Waals surface area contributed by atoms with Gasteiger partial charge in [0.05, 0.1) is 12.7 Å². The van der Waals surface area contributed by atoms with E-state index in [1.165, 1.54) is 13.2 Å². The van der Waals surface area contributed by atoms with Crippen molar-refractivity contribution in [3.63, 3.8) is 0 Å². The number of hydrogen-bond donors (Lipinski definition) is 3. The minimum absolute atomic E-state index is 0.0192. The molecule has 27 heavy (non-hydrogen) atoms. The molecule has 0 bridgehead atoms. The Morgan fingerprint density at radius 2 is 1.93 bits per heavy atom. The van der Waals surface area contributed by atoms with E-state index in [-0.39, 0.29) is 11.4 Å². The highest BCUT2D eigenvalue weighted by Gasteiger charge is 2.44. The van der Waals surface area contributed by atoms with Crippen LogP contribution in [0.1, 0.15) is 5.56 Å². The molecule has 0 radical (unpaired) electrons. The lowest BCUT2D eigenvalue weighted by Crippen LogP contribution is -2.67. The number of hydrogen-bond acceptors (Lipinski definition) is 4. The molecule has 0 unspecified atom stereocenters. The molecule has 5 nitrogen and oxygen atoms in total. The van der Waals surface area contributed by atoms with E-state index >= 15 is 0 Å². The summed E-state index contributed by atoms with van der Waals surface area (Å²) in [4.78, 5) is 9.64. The molecule has 1 aromatic rings. The molecule has 0 spiro atoms. The van der Waals surface area contributed by atoms with Crippen molar-refractivity contribution in [2.24, 2.45) is 0 Å². The summed E-state index contributed by atoms with van der Waals surface area (Å²) in [5.74, 6) is 0.130. The maximum Gasteiger partial charge on any atom is 0.420 e. The fraction of sp³-hybridized carbons (Fsp3) is 0.316. The quantitative estimate of drug-likeness (QED) is 0.687. The largest absolute Gasteiger partial charge is 0.420 e. The van der Waals surface area contributed by atoms with Crippen LogP contribution in [0.2, 0.25) is 0 Å². The molecule has 3 N–H and O–H groups in total. The summed E-state index contributed by atoms with van der Waals surface area (Å²) in [6, 6.07) is 7.48. The van der Waals surface area contributed by atoms with Crippen molar-refractivity contribution in [2.45, 2.75) is 6.18 Å². The molecule has 3 rings (SSSR count). The highest BCUT2D eigenvalue weighted by atomic mass is 19.4. The van der Waals surface area contributed by atoms with Gasteiger partial charge in [0.15, 0.2) is 0 Å². The zero-order valence-corrected chi connectivity index (χ0v) is 15.0. The van der Waals surface area contributed by atoms with Gasteiger partial charge >= 0.3 is 12.0 Å². The maximum absolute atomic E-state index is 13.5. The minimum Gasteiger partial charge on any atom is -0.369 e. The molecule has 2 heterocycles. The van der Waals surface area contributed by atoms with E-state index in [0.29, 0.717) is 11.1 Å². The summed E-state index contributed by atoms with van der Waals surface area (Å²) in [5, 5.41) is 3.29. The molecule has 8 heteroatoms. The number of hydroxylamine groups is 1. The van der Waals surface area contributed by atoms with Gasteiger partial charge in [-0.05, 0) is 23.3 Å². The van der Waals surface area contributed by atoms with Gasteiger partial charge in [0.1, 0.15) is 11.8 Å². The van der Waals surface area contributed by atoms with Gasteiger partial charge in [-0.2, -0.15) is 13.2 Å². The number of piperazine rings is 1. The number of benzene rings is 1. The number of halogens is 3. The first-order chi connectivity index (χ1) is 13.0. The smallest absolute Gasteiger partial charge is 0.369 e. The maximum atomic E-state index is 13.5. The van der Waals surface area contributed by atoms with Crippen LogP contribution in [0.4, 0.5) is 18.9 Å². The first-order valence-corrected chi connectivity index (χ1v) is 8.59. The molecule has 0 aliphatic carbocycles. The van der Waals surface area contributed by atoms with Crippen molar-refractivity contribution < 1.29 is 23.0 Å². The minimum atomic E-state index is -4.51. The normalized spacial score (nSPS) is 19.5. The van der Waals surface area contributed by atoms with Crippen LogP contribution in [0.25, 0.3) is 5.57 Å². The van der Waals surface area contributed by atoms with Gasteiger partial charge in [-0.15, -0.1) is 5.48 Å². The average Bonchev–Trinajstić information content (AvgIpc) is 3.08. The lowest BCUT2D eigenvalue weighted by atomic mass is 9.94. The number of anilines is 1. The third kappa shape index (κ3) is 4.06. The van der Waals surface area contributed by atoms with Crippen molar-refractivity contribution in [3.8, 4) is 0 Å². The van der Waals surface area contributed by atoms with Crippen molar-refractivity contribution >= 4 is 17.1 Å². The number of alkyl halides is 3. The zero-order valence-electron chi connectivity index (χ0n) is 15.0. The summed E-state index contributed by atoms with van der Waals surface area (Å²) in [6.45, 7) is 7.35. The lowest BCUT2D eigenvalue weighted by molar-refractivity contribution is -0.375. The van der Waals surface area contributed by atoms with E-state index < -0.39 is 11.7 Å². The molecule has 144 valence electrons. The van der Waals surface area contributed by atoms with Crippen LogP contribution in [-0.4, -0.2) is 45.3 Å². The molecule has 1 fully saturated rings. The number of nitrogens with one attached hydrogen (secondary N) is 3. The van der Waals surface area contributed by atoms with Crippen LogP contribution >= 0.6 is 0 Å². The number of rotatable bonds is 4. The number of nitrogens with zero attached hydrogens (tertiary/aromatic N) is 1. The van der Waals surface area contributed by atoms with Crippen molar-refractivity contribution in [1.29, 1.82) is 0 Å². The molecule has 2 aliphatic rings. The highest BCUT2D eigenvalue weighted by molar-refractivity contribution is 6.08. The van der Waals surface area contributed by atoms with E-state index in [2.05, 4.69) is 27.3 Å². The van der Waals surface area contributed by atoms with Gasteiger partial charge in [0.25, 0.3) is 0 Å². The summed E-state index contributed by atoms with van der Waals surface area (Å²) >= 11 is 0. The molecular weight excluding hydrogens is 357 g/mol. The lowest BCUT2D eigenvalue weighted by Gasteiger charge is -2.29. The summed E-state index contributed by atoms with van der Waals surface area (Å²) in [5.41, 5.74) is 3.75. The van der Waals surface area contributed by atoms with Crippen LogP contribution < -0.4 is 20.7 Å². The first-order valence-electron chi connectivity index (χ1n) is 8.59. The molecule has 1 aromatic carbocycles. The van der Waals surface area contributed by atoms with Crippen LogP contribution in [0.15, 0.2) is 54.3 Å². The predicted molar refractivity (Wildman–Crippen MR) is 98.9 cm³/mol. The Morgan fingerprint density at radius 1 is 1.26 bits per heavy atom. The number of allylic oxidation sites excluding steroid dienone is 2. The molecule has 1 saturated heterocycles. The Labute approximate surface area is 155 Å². The van der Waals surface area contributed by atoms with Gasteiger partial charge in [0.2, 0.25) is 0 Å². The van der Waals surface area contributed by atoms with Crippen LogP contribution in [0, 0.1) is 0 Å². The van der Waals surface area contributed by atoms with Gasteiger partial charge in [-0.1, -0.05) is 24.8 Å². The third-order valence-corrected chi connectivity index (χ3v) is 4.52. The summed E-state index contributed by atoms with van der Waals surface area (Å²) in [7, 11) is 1.34. The monoisotopic (exact) mass is 379 g/mol. The molecule has 0 aromatic heterocycles. The Morgan fingerprint density at radius 3 is 2.48 bits per heavy atom. The predicted octanol–water partition coefficient (Wildman–Crippen LogP) is 1.13. The molecule has 2 aliphatic heterocycles. The summed E-state index contributed by atoms with van der Waals surface area (Å²) in [6.07, 6.45) is -2.15. The second-order valence-corrected chi connectivity index (χ2v) is 6.16. The summed E-state index contributed by atoms with van der Waals surface area (Å²) < 4.78 is 40.4. The van der Waals surface area contributed by atoms with E-state index in [0.717, 1.165) is 38.1 Å². The first kappa shape index (κ1) is 19.2. The Kier molecular flexibility index (Phi) is 5.67. The molecule has 0 atom stereocenters. The van der Waals surface area contributed by atoms with Crippen molar-refractivity contribution in [3.05, 3.63) is 59.8 Å². The van der Waals surface area contributed by atoms with Gasteiger partial charge in [0, 0.05) is 31.9 Å². The molecule has 0 saturated carbocycles. The van der Waals surface area contributed by atoms with E-state index in [1.54, 1.807) is 0 Å². The molecular formula is C19H22F3N4O+. The van der Waals surface area contributed by atoms with Crippen LogP contribution in [0.3, 0.4) is 0 Å². The van der Waals surface area contributed by atoms with E-state index in [1.807, 2.05) is 24.3 Å². The van der Waals surface area contributed by atoms with Gasteiger partial charge < -0.3 is 10.2 Å². The fourth-order valence-corrected chi connectivity index (χ4v) is 3.25. The zero-order chi connectivity index (χ0) is 19.4. The van der Waals surface area contributed by atoms with Crippen LogP contribution in [0.5, 0.6) is 0 Å². The van der Waals surface area contributed by atoms with Gasteiger partial charge in [-0.3, -0.25) is 0 Å². The Hall–Kier alpha value is -2.58. The Bertz CT molecular complexity index is 788. The van der Waals surface area contributed by atoms with Crippen molar-refractivity contribution in [2.75, 3.05) is 38.2 Å². The fourth-order valence-electron chi connectivity index (χ4n) is 3.25. The van der Waals surface area contributed by atoms with E-state index in [9.17, 15) is 13.2 Å². The third-order valence-electron chi connectivity index (χ3n) is 4.52. The average molecular weight is 379 g/mol. The van der Waals surface area contributed by atoms with Crippen molar-refractivity contribution in [1.82, 2.24) is 10.8 Å². The Balaban J connectivity index is 1.99. The van der Waals surface area contributed by atoms with Crippen LogP contribution in [-0.2, 0) is 4.84 Å². The highest BCUT2D eigenvalue weighted by Crippen LogP contribution is 2.36. The number of amidine groups is 1. The van der Waals surface area contributed by atoms with Gasteiger partial charge in [-0.25, -0.2) is 9.83 Å². The second-order valence-electron chi connectivity index (χ2n) is 6.16. The topological polar surface area (TPSA) is 50.5 Å². The SMILES string of the molecule is C=C/C(=C1/C(C(F)(F)F)=C[NH+]=C1NOC)c1ccc(N2CCNCC2)cc1. The second kappa shape index (κ2) is 7.98. The molecule has 0 amide bonds. The standard InChI is InChI=1S/C19H21F3N4O/c1-3-15(17-16(19(20,21)22)12-24-18(17)25-27-2)13-4-6-14(7-5-13)26-10-8-23-9-11-26/h3-7,12,23H,1,8-11H2,2H3,(H,24,25)/p+1/b17-15+.